The molecule has 1 aromatic rings. The van der Waals surface area contributed by atoms with E-state index < -0.39 is 0 Å². The first-order valence-electron chi connectivity index (χ1n) is 5.63. The van der Waals surface area contributed by atoms with Crippen LogP contribution in [0.2, 0.25) is 5.02 Å². The molecule has 1 saturated heterocycles. The van der Waals surface area contributed by atoms with Crippen LogP contribution >= 0.6 is 36.4 Å². The molecule has 1 fully saturated rings. The molecule has 0 radical (unpaired) electrons. The lowest BCUT2D eigenvalue weighted by Gasteiger charge is -2.22. The lowest BCUT2D eigenvalue weighted by atomic mass is 10.0. The molecule has 0 aliphatic carbocycles. The lowest BCUT2D eigenvalue weighted by Crippen LogP contribution is -2.33. The van der Waals surface area contributed by atoms with Crippen molar-refractivity contribution in [3.8, 4) is 5.75 Å². The second-order valence-corrected chi connectivity index (χ2v) is 4.68. The van der Waals surface area contributed by atoms with Crippen LogP contribution in [0.3, 0.4) is 0 Å². The van der Waals surface area contributed by atoms with Gasteiger partial charge in [-0.2, -0.15) is 0 Å². The Hall–Kier alpha value is -0.350. The van der Waals surface area contributed by atoms with Crippen LogP contribution in [0.15, 0.2) is 18.2 Å². The third-order valence-electron chi connectivity index (χ3n) is 2.78. The van der Waals surface area contributed by atoms with Crippen LogP contribution in [0, 0.1) is 5.92 Å². The van der Waals surface area contributed by atoms with Crippen LogP contribution in [-0.4, -0.2) is 19.7 Å². The zero-order valence-electron chi connectivity index (χ0n) is 10.0. The number of nitrogens with one attached hydrogen (secondary N) is 1. The van der Waals surface area contributed by atoms with Crippen molar-refractivity contribution in [1.82, 2.24) is 5.32 Å². The van der Waals surface area contributed by atoms with E-state index >= 15 is 0 Å². The molecule has 0 spiro atoms. The van der Waals surface area contributed by atoms with E-state index in [2.05, 4.69) is 5.32 Å². The molecule has 0 amide bonds. The van der Waals surface area contributed by atoms with E-state index in [0.717, 1.165) is 25.4 Å². The first kappa shape index (κ1) is 17.6. The Kier molecular flexibility index (Phi) is 8.53. The number of nitrogens with two attached hydrogens (primary N) is 1. The number of rotatable bonds is 3. The zero-order valence-corrected chi connectivity index (χ0v) is 12.4. The predicted octanol–water partition coefficient (Wildman–Crippen LogP) is 3.14. The number of benzene rings is 1. The van der Waals surface area contributed by atoms with E-state index in [9.17, 15) is 0 Å². The van der Waals surface area contributed by atoms with Gasteiger partial charge >= 0.3 is 0 Å². The first-order valence-corrected chi connectivity index (χ1v) is 6.01. The summed E-state index contributed by atoms with van der Waals surface area (Å²) in [7, 11) is 0. The zero-order chi connectivity index (χ0) is 11.4. The Labute approximate surface area is 125 Å². The van der Waals surface area contributed by atoms with Gasteiger partial charge in [-0.1, -0.05) is 11.6 Å². The Morgan fingerprint density at radius 1 is 1.33 bits per heavy atom. The summed E-state index contributed by atoms with van der Waals surface area (Å²) in [6.07, 6.45) is 2.45. The Morgan fingerprint density at radius 2 is 2.11 bits per heavy atom. The summed E-state index contributed by atoms with van der Waals surface area (Å²) in [5, 5.41) is 3.99. The predicted molar refractivity (Wildman–Crippen MR) is 81.4 cm³/mol. The minimum absolute atomic E-state index is 0. The van der Waals surface area contributed by atoms with Crippen LogP contribution in [0.25, 0.3) is 0 Å². The van der Waals surface area contributed by atoms with Crippen molar-refractivity contribution in [2.75, 3.05) is 25.4 Å². The highest BCUT2D eigenvalue weighted by Crippen LogP contribution is 2.23. The summed E-state index contributed by atoms with van der Waals surface area (Å²) in [5.41, 5.74) is 6.33. The van der Waals surface area contributed by atoms with Crippen LogP contribution in [-0.2, 0) is 0 Å². The van der Waals surface area contributed by atoms with Gasteiger partial charge in [-0.05, 0) is 31.5 Å². The molecule has 6 heteroatoms. The fourth-order valence-electron chi connectivity index (χ4n) is 1.95. The summed E-state index contributed by atoms with van der Waals surface area (Å²) in [5.74, 6) is 1.35. The monoisotopic (exact) mass is 312 g/mol. The van der Waals surface area contributed by atoms with Crippen LogP contribution in [0.1, 0.15) is 12.8 Å². The van der Waals surface area contributed by atoms with Gasteiger partial charge in [0.25, 0.3) is 0 Å². The van der Waals surface area contributed by atoms with Crippen molar-refractivity contribution < 1.29 is 4.74 Å². The summed E-state index contributed by atoms with van der Waals surface area (Å²) in [6, 6.07) is 5.33. The Balaban J connectivity index is 0.00000144. The number of hydrogen-bond acceptors (Lipinski definition) is 3. The normalized spacial score (nSPS) is 18.4. The SMILES string of the molecule is Cl.Cl.Nc1cc(Cl)cc(OCC2CCCNC2)c1. The topological polar surface area (TPSA) is 47.3 Å². The largest absolute Gasteiger partial charge is 0.493 e. The van der Waals surface area contributed by atoms with Crippen molar-refractivity contribution in [2.45, 2.75) is 12.8 Å². The van der Waals surface area contributed by atoms with Crippen molar-refractivity contribution in [3.63, 3.8) is 0 Å². The highest BCUT2D eigenvalue weighted by molar-refractivity contribution is 6.31. The molecule has 1 unspecified atom stereocenters. The van der Waals surface area contributed by atoms with E-state index in [-0.39, 0.29) is 24.8 Å². The molecule has 1 atom stereocenters. The second kappa shape index (κ2) is 8.70. The number of nitrogen functional groups attached to an aromatic ring is 1. The Morgan fingerprint density at radius 3 is 2.72 bits per heavy atom. The van der Waals surface area contributed by atoms with E-state index in [1.807, 2.05) is 6.07 Å². The van der Waals surface area contributed by atoms with Gasteiger partial charge in [0.2, 0.25) is 0 Å². The smallest absolute Gasteiger partial charge is 0.122 e. The number of halogens is 3. The van der Waals surface area contributed by atoms with Gasteiger partial charge in [-0.25, -0.2) is 0 Å². The summed E-state index contributed by atoms with van der Waals surface area (Å²) < 4.78 is 5.70. The van der Waals surface area contributed by atoms with Crippen molar-refractivity contribution >= 4 is 42.1 Å². The minimum Gasteiger partial charge on any atom is -0.493 e. The maximum Gasteiger partial charge on any atom is 0.122 e. The van der Waals surface area contributed by atoms with Gasteiger partial charge in [0.15, 0.2) is 0 Å². The Bertz CT molecular complexity index is 337. The van der Waals surface area contributed by atoms with E-state index in [1.165, 1.54) is 12.8 Å². The number of piperidine rings is 1. The van der Waals surface area contributed by atoms with Crippen LogP contribution in [0.5, 0.6) is 5.75 Å². The molecule has 0 aromatic heterocycles. The fourth-order valence-corrected chi connectivity index (χ4v) is 2.18. The van der Waals surface area contributed by atoms with Crippen molar-refractivity contribution in [3.05, 3.63) is 23.2 Å². The molecule has 0 bridgehead atoms. The highest BCUT2D eigenvalue weighted by Gasteiger charge is 2.13. The molecule has 1 aliphatic heterocycles. The molecular formula is C12H19Cl3N2O. The average Bonchev–Trinajstić information content (AvgIpc) is 2.27. The quantitative estimate of drug-likeness (QED) is 0.843. The maximum atomic E-state index is 5.90. The van der Waals surface area contributed by atoms with Gasteiger partial charge in [-0.3, -0.25) is 0 Å². The maximum absolute atomic E-state index is 5.90. The van der Waals surface area contributed by atoms with Gasteiger partial charge < -0.3 is 15.8 Å². The number of ether oxygens (including phenoxy) is 1. The minimum atomic E-state index is 0. The van der Waals surface area contributed by atoms with E-state index in [0.29, 0.717) is 16.6 Å². The molecule has 0 saturated carbocycles. The second-order valence-electron chi connectivity index (χ2n) is 4.24. The first-order chi connectivity index (χ1) is 7.74. The summed E-state index contributed by atoms with van der Waals surface area (Å²) in [6.45, 7) is 2.89. The molecule has 104 valence electrons. The number of anilines is 1. The van der Waals surface area contributed by atoms with Gasteiger partial charge in [-0.15, -0.1) is 24.8 Å². The number of hydrogen-bond donors (Lipinski definition) is 2. The molecule has 1 aliphatic rings. The molecular weight excluding hydrogens is 295 g/mol. The standard InChI is InChI=1S/C12H17ClN2O.2ClH/c13-10-4-11(14)6-12(5-10)16-8-9-2-1-3-15-7-9;;/h4-6,9,15H,1-3,7-8,14H2;2*1H. The molecule has 2 rings (SSSR count). The molecule has 1 heterocycles. The summed E-state index contributed by atoms with van der Waals surface area (Å²) in [4.78, 5) is 0. The molecule has 1 aromatic carbocycles. The summed E-state index contributed by atoms with van der Waals surface area (Å²) >= 11 is 5.90. The fraction of sp³-hybridized carbons (Fsp3) is 0.500. The van der Waals surface area contributed by atoms with Crippen LogP contribution < -0.4 is 15.8 Å². The van der Waals surface area contributed by atoms with Gasteiger partial charge in [0.1, 0.15) is 5.75 Å². The van der Waals surface area contributed by atoms with Crippen molar-refractivity contribution in [1.29, 1.82) is 0 Å². The third kappa shape index (κ3) is 5.53. The third-order valence-corrected chi connectivity index (χ3v) is 3.00. The molecule has 3 nitrogen and oxygen atoms in total. The molecule has 18 heavy (non-hydrogen) atoms. The lowest BCUT2D eigenvalue weighted by molar-refractivity contribution is 0.218. The molecule has 3 N–H and O–H groups in total. The van der Waals surface area contributed by atoms with Gasteiger partial charge in [0, 0.05) is 29.2 Å². The van der Waals surface area contributed by atoms with Crippen molar-refractivity contribution in [2.24, 2.45) is 5.92 Å². The highest BCUT2D eigenvalue weighted by atomic mass is 35.5. The van der Waals surface area contributed by atoms with E-state index in [4.69, 9.17) is 22.1 Å². The van der Waals surface area contributed by atoms with Gasteiger partial charge in [0.05, 0.1) is 6.61 Å². The van der Waals surface area contributed by atoms with Crippen LogP contribution in [0.4, 0.5) is 5.69 Å². The average molecular weight is 314 g/mol. The van der Waals surface area contributed by atoms with E-state index in [1.54, 1.807) is 12.1 Å².